The van der Waals surface area contributed by atoms with E-state index in [0.717, 1.165) is 24.4 Å². The molecule has 122 valence electrons. The van der Waals surface area contributed by atoms with E-state index in [1.165, 1.54) is 6.42 Å². The summed E-state index contributed by atoms with van der Waals surface area (Å²) in [6.45, 7) is 5.90. The first-order valence-corrected chi connectivity index (χ1v) is 8.50. The first-order valence-electron chi connectivity index (χ1n) is 8.12. The molecule has 1 aliphatic carbocycles. The van der Waals surface area contributed by atoms with Crippen LogP contribution in [0.2, 0.25) is 5.02 Å². The van der Waals surface area contributed by atoms with Crippen molar-refractivity contribution in [2.75, 3.05) is 13.1 Å². The number of nitrogens with zero attached hydrogens (tertiary/aromatic N) is 2. The van der Waals surface area contributed by atoms with Gasteiger partial charge in [0.1, 0.15) is 5.82 Å². The van der Waals surface area contributed by atoms with Crippen LogP contribution < -0.4 is 10.6 Å². The molecule has 2 aliphatic rings. The largest absolute Gasteiger partial charge is 0.344 e. The molecule has 2 unspecified atom stereocenters. The highest BCUT2D eigenvalue weighted by molar-refractivity contribution is 6.33. The molecule has 2 aromatic heterocycles. The molecule has 1 aliphatic heterocycles. The summed E-state index contributed by atoms with van der Waals surface area (Å²) in [6, 6.07) is 3.73. The minimum Gasteiger partial charge on any atom is -0.344 e. The maximum Gasteiger partial charge on any atom is 0.224 e. The van der Waals surface area contributed by atoms with Crippen LogP contribution in [0, 0.1) is 17.8 Å². The predicted molar refractivity (Wildman–Crippen MR) is 89.3 cm³/mol. The quantitative estimate of drug-likeness (QED) is 0.906. The lowest BCUT2D eigenvalue weighted by Crippen LogP contribution is -2.60. The van der Waals surface area contributed by atoms with Crippen LogP contribution in [0.3, 0.4) is 0 Å². The average molecular weight is 333 g/mol. The first kappa shape index (κ1) is 15.0. The van der Waals surface area contributed by atoms with Gasteiger partial charge in [-0.15, -0.1) is 0 Å². The van der Waals surface area contributed by atoms with E-state index in [2.05, 4.69) is 15.6 Å². The van der Waals surface area contributed by atoms with E-state index in [1.54, 1.807) is 6.20 Å². The monoisotopic (exact) mass is 332 g/mol. The topological polar surface area (TPSA) is 58.4 Å². The van der Waals surface area contributed by atoms with Crippen molar-refractivity contribution in [2.45, 2.75) is 25.8 Å². The fraction of sp³-hybridized carbons (Fsp3) is 0.529. The van der Waals surface area contributed by atoms with E-state index in [0.29, 0.717) is 16.9 Å². The predicted octanol–water partition coefficient (Wildman–Crippen LogP) is 2.19. The molecule has 2 aromatic rings. The molecule has 1 saturated heterocycles. The Morgan fingerprint density at radius 3 is 2.87 bits per heavy atom. The van der Waals surface area contributed by atoms with Gasteiger partial charge in [0.25, 0.3) is 0 Å². The van der Waals surface area contributed by atoms with Gasteiger partial charge in [-0.3, -0.25) is 4.79 Å². The SMILES string of the molecule is CC(C)(NC(=O)C1C2CNCC1C2)c1ncc2c(Cl)cccn12. The summed E-state index contributed by atoms with van der Waals surface area (Å²) in [5.74, 6) is 2.06. The minimum atomic E-state index is -0.550. The second-order valence-electron chi connectivity index (χ2n) is 7.25. The molecule has 23 heavy (non-hydrogen) atoms. The van der Waals surface area contributed by atoms with Crippen molar-refractivity contribution in [3.05, 3.63) is 35.4 Å². The number of carbonyl (C=O) groups excluding carboxylic acids is 1. The summed E-state index contributed by atoms with van der Waals surface area (Å²) in [6.07, 6.45) is 4.86. The van der Waals surface area contributed by atoms with E-state index in [-0.39, 0.29) is 11.8 Å². The first-order chi connectivity index (χ1) is 11.0. The second kappa shape index (κ2) is 5.21. The smallest absolute Gasteiger partial charge is 0.224 e. The van der Waals surface area contributed by atoms with Gasteiger partial charge in [0, 0.05) is 12.1 Å². The molecule has 0 spiro atoms. The number of rotatable bonds is 3. The summed E-state index contributed by atoms with van der Waals surface area (Å²) in [5, 5.41) is 7.25. The van der Waals surface area contributed by atoms with Gasteiger partial charge in [-0.05, 0) is 57.3 Å². The average Bonchev–Trinajstić information content (AvgIpc) is 2.93. The van der Waals surface area contributed by atoms with Crippen molar-refractivity contribution in [3.8, 4) is 0 Å². The highest BCUT2D eigenvalue weighted by Gasteiger charge is 2.48. The molecule has 6 heteroatoms. The van der Waals surface area contributed by atoms with Crippen LogP contribution in [0.4, 0.5) is 0 Å². The fourth-order valence-corrected chi connectivity index (χ4v) is 4.28. The normalized spacial score (nSPS) is 26.8. The maximum absolute atomic E-state index is 12.8. The molecule has 2 bridgehead atoms. The van der Waals surface area contributed by atoms with E-state index < -0.39 is 5.54 Å². The molecule has 1 amide bonds. The number of hydrogen-bond donors (Lipinski definition) is 2. The van der Waals surface area contributed by atoms with Gasteiger partial charge in [0.2, 0.25) is 5.91 Å². The van der Waals surface area contributed by atoms with E-state index in [4.69, 9.17) is 11.6 Å². The van der Waals surface area contributed by atoms with Crippen LogP contribution in [0.25, 0.3) is 5.52 Å². The Kier molecular flexibility index (Phi) is 3.39. The summed E-state index contributed by atoms with van der Waals surface area (Å²) in [5.41, 5.74) is 0.307. The Bertz CT molecular complexity index is 755. The third-order valence-corrected chi connectivity index (χ3v) is 5.57. The van der Waals surface area contributed by atoms with Gasteiger partial charge in [0.15, 0.2) is 0 Å². The van der Waals surface area contributed by atoms with Crippen LogP contribution in [0.5, 0.6) is 0 Å². The van der Waals surface area contributed by atoms with E-state index >= 15 is 0 Å². The van der Waals surface area contributed by atoms with Crippen LogP contribution in [0.1, 0.15) is 26.1 Å². The Labute approximate surface area is 140 Å². The molecule has 0 aromatic carbocycles. The van der Waals surface area contributed by atoms with Crippen LogP contribution in [0.15, 0.2) is 24.5 Å². The summed E-state index contributed by atoms with van der Waals surface area (Å²) >= 11 is 6.22. The molecule has 2 atom stereocenters. The standard InChI is InChI=1S/C17H21ClN4O/c1-17(2,16-20-9-13-12(18)4-3-5-22(13)16)21-15(23)14-10-6-11(14)8-19-7-10/h3-5,9-11,14,19H,6-8H2,1-2H3,(H,21,23). The Morgan fingerprint density at radius 2 is 2.17 bits per heavy atom. The number of carbonyl (C=O) groups is 1. The van der Waals surface area contributed by atoms with Gasteiger partial charge >= 0.3 is 0 Å². The Balaban J connectivity index is 1.59. The van der Waals surface area contributed by atoms with Gasteiger partial charge < -0.3 is 15.0 Å². The molecule has 2 N–H and O–H groups in total. The summed E-state index contributed by atoms with van der Waals surface area (Å²) in [4.78, 5) is 17.3. The number of fused-ring (bicyclic) bond motifs is 3. The molecular weight excluding hydrogens is 312 g/mol. The second-order valence-corrected chi connectivity index (χ2v) is 7.65. The number of aromatic nitrogens is 2. The molecule has 3 heterocycles. The zero-order valence-corrected chi connectivity index (χ0v) is 14.1. The number of hydrogen-bond acceptors (Lipinski definition) is 3. The number of amides is 1. The summed E-state index contributed by atoms with van der Waals surface area (Å²) < 4.78 is 1.95. The molecule has 4 rings (SSSR count). The minimum absolute atomic E-state index is 0.144. The zero-order chi connectivity index (χ0) is 16.2. The molecule has 0 radical (unpaired) electrons. The van der Waals surface area contributed by atoms with Crippen LogP contribution in [-0.4, -0.2) is 28.4 Å². The Morgan fingerprint density at radius 1 is 1.43 bits per heavy atom. The molecule has 2 fully saturated rings. The lowest BCUT2D eigenvalue weighted by molar-refractivity contribution is -0.138. The van der Waals surface area contributed by atoms with Crippen LogP contribution in [-0.2, 0) is 10.3 Å². The highest BCUT2D eigenvalue weighted by atomic mass is 35.5. The van der Waals surface area contributed by atoms with Crippen molar-refractivity contribution < 1.29 is 4.79 Å². The number of piperidine rings is 2. The van der Waals surface area contributed by atoms with Crippen molar-refractivity contribution in [2.24, 2.45) is 17.8 Å². The lowest BCUT2D eigenvalue weighted by atomic mass is 9.61. The highest BCUT2D eigenvalue weighted by Crippen LogP contribution is 2.43. The van der Waals surface area contributed by atoms with Crippen molar-refractivity contribution in [3.63, 3.8) is 0 Å². The summed E-state index contributed by atoms with van der Waals surface area (Å²) in [7, 11) is 0. The maximum atomic E-state index is 12.8. The third kappa shape index (κ3) is 2.34. The van der Waals surface area contributed by atoms with Gasteiger partial charge in [-0.1, -0.05) is 11.6 Å². The van der Waals surface area contributed by atoms with Crippen molar-refractivity contribution in [1.82, 2.24) is 20.0 Å². The lowest BCUT2D eigenvalue weighted by Gasteiger charge is -2.49. The van der Waals surface area contributed by atoms with Gasteiger partial charge in [-0.25, -0.2) is 4.98 Å². The van der Waals surface area contributed by atoms with Crippen LogP contribution >= 0.6 is 11.6 Å². The molecule has 1 saturated carbocycles. The number of imidazole rings is 1. The fourth-order valence-electron chi connectivity index (χ4n) is 4.07. The zero-order valence-electron chi connectivity index (χ0n) is 13.3. The van der Waals surface area contributed by atoms with E-state index in [9.17, 15) is 4.79 Å². The molecular formula is C17H21ClN4O. The third-order valence-electron chi connectivity index (χ3n) is 5.25. The van der Waals surface area contributed by atoms with Crippen molar-refractivity contribution in [1.29, 1.82) is 0 Å². The number of pyridine rings is 1. The van der Waals surface area contributed by atoms with E-state index in [1.807, 2.05) is 36.6 Å². The van der Waals surface area contributed by atoms with Gasteiger partial charge in [-0.2, -0.15) is 0 Å². The molecule has 5 nitrogen and oxygen atoms in total. The number of halogens is 1. The number of nitrogens with one attached hydrogen (secondary N) is 2. The Hall–Kier alpha value is -1.59. The van der Waals surface area contributed by atoms with Crippen molar-refractivity contribution >= 4 is 23.0 Å². The van der Waals surface area contributed by atoms with Gasteiger partial charge in [0.05, 0.1) is 22.3 Å².